The molecule has 0 N–H and O–H groups in total. The Morgan fingerprint density at radius 1 is 0.242 bits per heavy atom. The van der Waals surface area contributed by atoms with Gasteiger partial charge in [-0.05, 0) is 0 Å². The van der Waals surface area contributed by atoms with Crippen molar-refractivity contribution in [3.05, 3.63) is 0 Å². The summed E-state index contributed by atoms with van der Waals surface area (Å²) in [5.41, 5.74) is 0. The predicted molar refractivity (Wildman–Crippen MR) is 211 cm³/mol. The summed E-state index contributed by atoms with van der Waals surface area (Å²) in [6, 6.07) is 0. The molecule has 0 saturated carbocycles. The lowest BCUT2D eigenvalue weighted by atomic mass is 9.94. The van der Waals surface area contributed by atoms with E-state index in [4.69, 9.17) is 0 Å². The van der Waals surface area contributed by atoms with Crippen molar-refractivity contribution in [3.63, 3.8) is 0 Å². The third-order valence-corrected chi connectivity index (χ3v) is 19.3. The van der Waals surface area contributed by atoms with Crippen molar-refractivity contribution >= 4 is 37.9 Å². The van der Waals surface area contributed by atoms with Crippen LogP contribution in [-0.4, -0.2) is 220 Å². The Morgan fingerprint density at radius 2 is 0.368 bits per heavy atom. The number of nitrogens with zero attached hydrogens (tertiary/aromatic N) is 3. The maximum absolute atomic E-state index is 14.9. The summed E-state index contributed by atoms with van der Waals surface area (Å²) in [7, 11) is -32.5. The van der Waals surface area contributed by atoms with Crippen LogP contribution in [0, 0.1) is 0 Å². The quantitative estimate of drug-likeness (QED) is 0.0437. The first-order valence-corrected chi connectivity index (χ1v) is 28.1. The molecule has 0 fully saturated rings. The maximum atomic E-state index is 14.9. The first kappa shape index (κ1) is 91.7. The summed E-state index contributed by atoms with van der Waals surface area (Å²) < 4.78 is 717. The van der Waals surface area contributed by atoms with Crippen LogP contribution in [0.25, 0.3) is 0 Å². The molecule has 13 nitrogen and oxygen atoms in total. The third-order valence-electron chi connectivity index (χ3n) is 11.7. The summed E-state index contributed by atoms with van der Waals surface area (Å²) in [4.78, 5) is 0. The Bertz CT molecular complexity index is 2760. The van der Waals surface area contributed by atoms with E-state index in [9.17, 15) is 227 Å². The maximum Gasteiger partial charge on any atom is 0.474 e. The minimum absolute atomic E-state index is 0.123. The number of halogens is 45. The van der Waals surface area contributed by atoms with Gasteiger partial charge in [0.15, 0.2) is 0 Å². The standard InChI is InChI=1S/C33H27F45N3O10PS3/c1-4-79(93(83,84)31(73,74)25(58,59)19(46,47)13(34,35)16(40,41)22(52,53)28(64,65)66)7-10-89-92(82,90-11-8-80(5-2)94(85,86)32(75,76)26(60,61)20(48,49)14(36,37)17(42,43)23(54,55)29(67,68)69)91-12-9-81(6-3)95(87,88)33(77,78)27(62,63)21(50,51)15(38,39)18(44,45)24(56,57)30(70,71)72/h4-12H2,1-3H3. The number of alkyl halides is 45. The van der Waals surface area contributed by atoms with Gasteiger partial charge in [-0.15, -0.1) is 0 Å². The fourth-order valence-corrected chi connectivity index (χ4v) is 11.5. The molecule has 0 heterocycles. The van der Waals surface area contributed by atoms with Gasteiger partial charge in [-0.25, -0.2) is 29.8 Å². The highest BCUT2D eigenvalue weighted by Gasteiger charge is 2.98. The lowest BCUT2D eigenvalue weighted by molar-refractivity contribution is -0.447. The highest BCUT2D eigenvalue weighted by molar-refractivity contribution is 7.90. The molecule has 62 heteroatoms. The van der Waals surface area contributed by atoms with Gasteiger partial charge in [-0.2, -0.15) is 210 Å². The molecule has 0 aromatic carbocycles. The molecule has 0 aliphatic carbocycles. The molecule has 572 valence electrons. The minimum atomic E-state index is -9.24. The van der Waals surface area contributed by atoms with Crippen LogP contribution in [0.5, 0.6) is 0 Å². The van der Waals surface area contributed by atoms with E-state index in [2.05, 4.69) is 13.6 Å². The summed E-state index contributed by atoms with van der Waals surface area (Å²) in [6.07, 6.45) is -24.7. The van der Waals surface area contributed by atoms with Gasteiger partial charge in [0.1, 0.15) is 0 Å². The van der Waals surface area contributed by atoms with Crippen molar-refractivity contribution in [1.82, 2.24) is 12.9 Å². The summed E-state index contributed by atoms with van der Waals surface area (Å²) >= 11 is 0. The summed E-state index contributed by atoms with van der Waals surface area (Å²) in [5, 5.41) is -25.3. The smallest absolute Gasteiger partial charge is 0.285 e. The zero-order valence-electron chi connectivity index (χ0n) is 44.0. The fourth-order valence-electron chi connectivity index (χ4n) is 6.05. The number of phosphoric acid groups is 1. The van der Waals surface area contributed by atoms with Gasteiger partial charge in [0, 0.05) is 39.3 Å². The molecule has 0 aliphatic rings. The summed E-state index contributed by atoms with van der Waals surface area (Å²) in [5.74, 6) is -136. The van der Waals surface area contributed by atoms with Crippen LogP contribution in [-0.2, 0) is 48.2 Å². The van der Waals surface area contributed by atoms with E-state index in [0.29, 0.717) is 0 Å². The molecule has 0 aromatic heterocycles. The van der Waals surface area contributed by atoms with Crippen molar-refractivity contribution in [3.8, 4) is 0 Å². The molecule has 0 amide bonds. The van der Waals surface area contributed by atoms with Crippen molar-refractivity contribution in [2.75, 3.05) is 59.1 Å². The normalized spacial score (nSPS) is 16.7. The van der Waals surface area contributed by atoms with Gasteiger partial charge < -0.3 is 0 Å². The van der Waals surface area contributed by atoms with Crippen LogP contribution in [0.3, 0.4) is 0 Å². The van der Waals surface area contributed by atoms with E-state index in [-0.39, 0.29) is 20.8 Å². The molecule has 0 unspecified atom stereocenters. The van der Waals surface area contributed by atoms with E-state index in [1.165, 1.54) is 0 Å². The number of sulfonamides is 3. The summed E-state index contributed by atoms with van der Waals surface area (Å²) in [6.45, 7) is -24.2. The largest absolute Gasteiger partial charge is 0.474 e. The predicted octanol–water partition coefficient (Wildman–Crippen LogP) is 14.1. The molecule has 95 heavy (non-hydrogen) atoms. The number of likely N-dealkylation sites (N-methyl/N-ethyl adjacent to an activating group) is 3. The SMILES string of the molecule is CCN(CCOP(=O)(OCCN(CC)S(=O)(=O)C(F)(F)C(F)(F)C(F)(F)C(F)(F)C(F)(F)C(F)(F)C(F)(F)F)OCCN(CC)S(=O)(=O)C(F)(F)C(F)(F)C(F)(F)C(F)(F)C(F)(F)C(F)(F)C(F)(F)F)S(=O)(=O)C(F)(F)C(F)(F)C(F)(F)C(F)(F)C(F)(F)C(F)(F)C(F)(F)F. The highest BCUT2D eigenvalue weighted by atomic mass is 32.2. The van der Waals surface area contributed by atoms with E-state index in [0.717, 1.165) is 0 Å². The van der Waals surface area contributed by atoms with Gasteiger partial charge in [-0.3, -0.25) is 13.6 Å². The van der Waals surface area contributed by atoms with Crippen molar-refractivity contribution in [2.24, 2.45) is 0 Å². The van der Waals surface area contributed by atoms with Crippen LogP contribution in [0.15, 0.2) is 0 Å². The molecular formula is C33H27F45N3O10PS3. The Morgan fingerprint density at radius 3 is 0.495 bits per heavy atom. The molecule has 0 saturated heterocycles. The average molecular weight is 1610 g/mol. The Kier molecular flexibility index (Phi) is 25.0. The molecule has 0 radical (unpaired) electrons. The molecule has 0 aliphatic heterocycles. The van der Waals surface area contributed by atoms with Gasteiger partial charge in [0.25, 0.3) is 30.1 Å². The minimum Gasteiger partial charge on any atom is -0.285 e. The zero-order valence-corrected chi connectivity index (χ0v) is 47.3. The first-order valence-electron chi connectivity index (χ1n) is 22.3. The molecular weight excluding hydrogens is 1580 g/mol. The molecule has 0 spiro atoms. The first-order chi connectivity index (χ1) is 40.7. The highest BCUT2D eigenvalue weighted by Crippen LogP contribution is 2.67. The molecule has 0 atom stereocenters. The van der Waals surface area contributed by atoms with Gasteiger partial charge in [-0.1, -0.05) is 20.8 Å². The number of rotatable bonds is 36. The second kappa shape index (κ2) is 25.9. The third kappa shape index (κ3) is 13.4. The number of hydrogen-bond acceptors (Lipinski definition) is 10. The van der Waals surface area contributed by atoms with Gasteiger partial charge in [0.05, 0.1) is 19.8 Å². The van der Waals surface area contributed by atoms with Crippen LogP contribution in [0.4, 0.5) is 198 Å². The number of hydrogen-bond donors (Lipinski definition) is 0. The Balaban J connectivity index is 8.06. The Labute approximate surface area is 494 Å². The van der Waals surface area contributed by atoms with E-state index in [1.54, 1.807) is 0 Å². The fraction of sp³-hybridized carbons (Fsp3) is 1.00. The van der Waals surface area contributed by atoms with Gasteiger partial charge >= 0.3 is 131 Å². The van der Waals surface area contributed by atoms with Gasteiger partial charge in [0.2, 0.25) is 0 Å². The monoisotopic (exact) mass is 1610 g/mol. The zero-order chi connectivity index (χ0) is 77.7. The number of phosphoric ester groups is 1. The van der Waals surface area contributed by atoms with E-state index < -0.39 is 233 Å². The van der Waals surface area contributed by atoms with Crippen LogP contribution in [0.2, 0.25) is 0 Å². The van der Waals surface area contributed by atoms with E-state index in [1.807, 2.05) is 0 Å². The Hall–Kier alpha value is -3.31. The molecule has 0 rings (SSSR count). The van der Waals surface area contributed by atoms with Crippen molar-refractivity contribution < 1.29 is 241 Å². The second-order valence-corrected chi connectivity index (χ2v) is 25.2. The second-order valence-electron chi connectivity index (χ2n) is 17.6. The molecule has 0 bridgehead atoms. The van der Waals surface area contributed by atoms with Crippen molar-refractivity contribution in [1.29, 1.82) is 0 Å². The van der Waals surface area contributed by atoms with Crippen LogP contribution in [0.1, 0.15) is 20.8 Å². The lowest BCUT2D eigenvalue weighted by Crippen LogP contribution is -2.73. The van der Waals surface area contributed by atoms with E-state index >= 15 is 0 Å². The lowest BCUT2D eigenvalue weighted by Gasteiger charge is -2.41. The van der Waals surface area contributed by atoms with Crippen molar-refractivity contribution in [2.45, 2.75) is 144 Å². The molecule has 0 aromatic rings. The topological polar surface area (TPSA) is 157 Å². The van der Waals surface area contributed by atoms with Crippen LogP contribution < -0.4 is 0 Å². The van der Waals surface area contributed by atoms with Crippen LogP contribution >= 0.6 is 7.82 Å². The average Bonchev–Trinajstić information content (AvgIpc) is 0.706.